The fourth-order valence-corrected chi connectivity index (χ4v) is 3.69. The molecule has 0 radical (unpaired) electrons. The molecule has 1 aliphatic carbocycles. The van der Waals surface area contributed by atoms with E-state index in [-0.39, 0.29) is 11.8 Å². The molecule has 1 fully saturated rings. The normalized spacial score (nSPS) is 15.1. The van der Waals surface area contributed by atoms with Crippen LogP contribution in [-0.4, -0.2) is 5.91 Å². The van der Waals surface area contributed by atoms with Gasteiger partial charge in [0, 0.05) is 19.3 Å². The molecule has 0 atom stereocenters. The Labute approximate surface area is 113 Å². The Morgan fingerprint density at radius 3 is 2.20 bits per heavy atom. The van der Waals surface area contributed by atoms with Crippen LogP contribution in [0.25, 0.3) is 0 Å². The predicted octanol–water partition coefficient (Wildman–Crippen LogP) is 4.32. The third-order valence-electron chi connectivity index (χ3n) is 2.20. The van der Waals surface area contributed by atoms with Crippen LogP contribution >= 0.6 is 47.8 Å². The number of benzene rings is 1. The van der Waals surface area contributed by atoms with Crippen LogP contribution in [0, 0.1) is 5.92 Å². The molecule has 0 saturated heterocycles. The van der Waals surface area contributed by atoms with Crippen molar-refractivity contribution < 1.29 is 4.79 Å². The number of rotatable bonds is 2. The monoisotopic (exact) mass is 395 g/mol. The molecule has 80 valence electrons. The van der Waals surface area contributed by atoms with Crippen molar-refractivity contribution in [3.63, 3.8) is 0 Å². The zero-order valence-electron chi connectivity index (χ0n) is 7.69. The molecule has 0 unspecified atom stereocenters. The molecule has 0 aromatic heterocycles. The van der Waals surface area contributed by atoms with Gasteiger partial charge in [-0.3, -0.25) is 4.79 Å². The van der Waals surface area contributed by atoms with Gasteiger partial charge in [0.25, 0.3) is 0 Å². The van der Waals surface area contributed by atoms with E-state index in [1.54, 1.807) is 0 Å². The molecule has 0 heterocycles. The minimum absolute atomic E-state index is 0.110. The molecule has 2 rings (SSSR count). The first-order valence-corrected chi connectivity index (χ1v) is 6.91. The third kappa shape index (κ3) is 2.82. The summed E-state index contributed by atoms with van der Waals surface area (Å²) in [6, 6.07) is 3.82. The van der Waals surface area contributed by atoms with Crippen LogP contribution in [0.3, 0.4) is 0 Å². The van der Waals surface area contributed by atoms with Crippen molar-refractivity contribution in [2.45, 2.75) is 12.8 Å². The second-order valence-electron chi connectivity index (χ2n) is 3.51. The molecule has 0 aliphatic heterocycles. The Morgan fingerprint density at radius 1 is 1.20 bits per heavy atom. The van der Waals surface area contributed by atoms with Gasteiger partial charge in [-0.15, -0.1) is 0 Å². The maximum Gasteiger partial charge on any atom is 0.227 e. The Balaban J connectivity index is 2.23. The Morgan fingerprint density at radius 2 is 1.73 bits per heavy atom. The lowest BCUT2D eigenvalue weighted by molar-refractivity contribution is -0.117. The number of amides is 1. The van der Waals surface area contributed by atoms with Crippen LogP contribution in [0.1, 0.15) is 12.8 Å². The molecule has 1 N–H and O–H groups in total. The summed E-state index contributed by atoms with van der Waals surface area (Å²) in [5.41, 5.74) is 0.801. The fraction of sp³-hybridized carbons (Fsp3) is 0.300. The lowest BCUT2D eigenvalue weighted by Crippen LogP contribution is -2.14. The molecule has 0 bridgehead atoms. The number of nitrogens with one attached hydrogen (secondary N) is 1. The molecule has 1 aromatic rings. The van der Waals surface area contributed by atoms with E-state index in [0.29, 0.717) is 0 Å². The van der Waals surface area contributed by atoms with E-state index in [9.17, 15) is 4.79 Å². The van der Waals surface area contributed by atoms with Gasteiger partial charge in [0.1, 0.15) is 0 Å². The summed E-state index contributed by atoms with van der Waals surface area (Å²) in [5, 5.41) is 2.91. The lowest BCUT2D eigenvalue weighted by atomic mass is 10.3. The maximum atomic E-state index is 11.6. The van der Waals surface area contributed by atoms with Crippen LogP contribution in [-0.2, 0) is 4.79 Å². The highest BCUT2D eigenvalue weighted by Gasteiger charge is 2.30. The average Bonchev–Trinajstić information content (AvgIpc) is 2.93. The zero-order valence-corrected chi connectivity index (χ0v) is 12.4. The van der Waals surface area contributed by atoms with E-state index >= 15 is 0 Å². The quantitative estimate of drug-likeness (QED) is 0.791. The number of anilines is 1. The minimum Gasteiger partial charge on any atom is -0.324 e. The molecule has 0 spiro atoms. The largest absolute Gasteiger partial charge is 0.324 e. The van der Waals surface area contributed by atoms with E-state index in [1.165, 1.54) is 0 Å². The van der Waals surface area contributed by atoms with Crippen molar-refractivity contribution in [3.8, 4) is 0 Å². The van der Waals surface area contributed by atoms with E-state index < -0.39 is 0 Å². The average molecular weight is 398 g/mol. The first kappa shape index (κ1) is 11.6. The molecule has 2 nitrogen and oxygen atoms in total. The second kappa shape index (κ2) is 4.55. The Hall–Kier alpha value is 0.130. The second-order valence-corrected chi connectivity index (χ2v) is 6.13. The molecular formula is C10H8Br3NO. The number of carbonyl (C=O) groups excluding carboxylic acids is 1. The smallest absolute Gasteiger partial charge is 0.227 e. The lowest BCUT2D eigenvalue weighted by Gasteiger charge is -2.09. The van der Waals surface area contributed by atoms with Gasteiger partial charge < -0.3 is 5.32 Å². The van der Waals surface area contributed by atoms with Crippen LogP contribution in [0.4, 0.5) is 5.69 Å². The predicted molar refractivity (Wildman–Crippen MR) is 70.9 cm³/mol. The van der Waals surface area contributed by atoms with Crippen molar-refractivity contribution >= 4 is 59.4 Å². The summed E-state index contributed by atoms with van der Waals surface area (Å²) in [6.07, 6.45) is 2.02. The number of carbonyl (C=O) groups is 1. The summed E-state index contributed by atoms with van der Waals surface area (Å²) in [5.74, 6) is 0.325. The van der Waals surface area contributed by atoms with Gasteiger partial charge in [-0.2, -0.15) is 0 Å². The standard InChI is InChI=1S/C10H8Br3NO/c11-6-3-7(12)9(8(13)4-6)14-10(15)5-1-2-5/h3-5H,1-2H2,(H,14,15). The number of hydrogen-bond donors (Lipinski definition) is 1. The molecule has 5 heteroatoms. The van der Waals surface area contributed by atoms with Gasteiger partial charge in [0.2, 0.25) is 5.91 Å². The molecular weight excluding hydrogens is 390 g/mol. The first-order chi connectivity index (χ1) is 7.08. The maximum absolute atomic E-state index is 11.6. The van der Waals surface area contributed by atoms with Gasteiger partial charge in [0.05, 0.1) is 5.69 Å². The highest BCUT2D eigenvalue weighted by molar-refractivity contribution is 9.11. The van der Waals surface area contributed by atoms with Gasteiger partial charge in [-0.1, -0.05) is 15.9 Å². The molecule has 1 aliphatic rings. The van der Waals surface area contributed by atoms with Crippen LogP contribution < -0.4 is 5.32 Å². The fourth-order valence-electron chi connectivity index (χ4n) is 1.23. The number of halogens is 3. The summed E-state index contributed by atoms with van der Waals surface area (Å²) in [4.78, 5) is 11.6. The van der Waals surface area contributed by atoms with Gasteiger partial charge in [0.15, 0.2) is 0 Å². The van der Waals surface area contributed by atoms with Gasteiger partial charge >= 0.3 is 0 Å². The highest BCUT2D eigenvalue weighted by Crippen LogP contribution is 2.36. The van der Waals surface area contributed by atoms with Crippen molar-refractivity contribution in [1.82, 2.24) is 0 Å². The molecule has 1 saturated carbocycles. The topological polar surface area (TPSA) is 29.1 Å². The first-order valence-electron chi connectivity index (χ1n) is 4.53. The van der Waals surface area contributed by atoms with Gasteiger partial charge in [-0.05, 0) is 56.8 Å². The van der Waals surface area contributed by atoms with Crippen molar-refractivity contribution in [2.24, 2.45) is 5.92 Å². The van der Waals surface area contributed by atoms with Crippen molar-refractivity contribution in [3.05, 3.63) is 25.6 Å². The zero-order chi connectivity index (χ0) is 11.0. The summed E-state index contributed by atoms with van der Waals surface area (Å²) in [7, 11) is 0. The van der Waals surface area contributed by atoms with Crippen LogP contribution in [0.5, 0.6) is 0 Å². The van der Waals surface area contributed by atoms with E-state index in [1.807, 2.05) is 12.1 Å². The van der Waals surface area contributed by atoms with E-state index in [4.69, 9.17) is 0 Å². The third-order valence-corrected chi connectivity index (χ3v) is 3.91. The molecule has 15 heavy (non-hydrogen) atoms. The van der Waals surface area contributed by atoms with E-state index in [0.717, 1.165) is 31.9 Å². The van der Waals surface area contributed by atoms with Crippen LogP contribution in [0.15, 0.2) is 25.6 Å². The Bertz CT molecular complexity index is 392. The SMILES string of the molecule is O=C(Nc1c(Br)cc(Br)cc1Br)C1CC1. The number of hydrogen-bond acceptors (Lipinski definition) is 1. The molecule has 1 amide bonds. The van der Waals surface area contributed by atoms with Crippen molar-refractivity contribution in [1.29, 1.82) is 0 Å². The van der Waals surface area contributed by atoms with E-state index in [2.05, 4.69) is 53.1 Å². The minimum atomic E-state index is 0.110. The summed E-state index contributed by atoms with van der Waals surface area (Å²) >= 11 is 10.2. The summed E-state index contributed by atoms with van der Waals surface area (Å²) in [6.45, 7) is 0. The molecule has 1 aromatic carbocycles. The Kier molecular flexibility index (Phi) is 3.52. The van der Waals surface area contributed by atoms with Gasteiger partial charge in [-0.25, -0.2) is 0 Å². The summed E-state index contributed by atoms with van der Waals surface area (Å²) < 4.78 is 2.71. The van der Waals surface area contributed by atoms with Crippen molar-refractivity contribution in [2.75, 3.05) is 5.32 Å². The van der Waals surface area contributed by atoms with Crippen LogP contribution in [0.2, 0.25) is 0 Å². The highest BCUT2D eigenvalue weighted by atomic mass is 79.9.